The van der Waals surface area contributed by atoms with Crippen molar-refractivity contribution >= 4 is 5.91 Å². The molecule has 0 saturated carbocycles. The average Bonchev–Trinajstić information content (AvgIpc) is 2.26. The van der Waals surface area contributed by atoms with Gasteiger partial charge in [0.15, 0.2) is 0 Å². The molecule has 0 fully saturated rings. The van der Waals surface area contributed by atoms with Crippen molar-refractivity contribution in [2.45, 2.75) is 40.5 Å². The van der Waals surface area contributed by atoms with Gasteiger partial charge in [-0.1, -0.05) is 39.3 Å². The van der Waals surface area contributed by atoms with E-state index in [0.717, 1.165) is 26.1 Å². The van der Waals surface area contributed by atoms with Crippen LogP contribution in [0.4, 0.5) is 0 Å². The fourth-order valence-corrected chi connectivity index (χ4v) is 1.70. The highest BCUT2D eigenvalue weighted by molar-refractivity contribution is 5.76. The maximum Gasteiger partial charge on any atom is 0.220 e. The molecule has 1 rings (SSSR count). The van der Waals surface area contributed by atoms with Crippen molar-refractivity contribution in [1.29, 1.82) is 0 Å². The van der Waals surface area contributed by atoms with Gasteiger partial charge in [0, 0.05) is 19.5 Å². The average molecular weight is 238 g/mol. The number of nitrogens with one attached hydrogen (secondary N) is 2. The Labute approximate surface area is 105 Å². The molecule has 3 heteroatoms. The van der Waals surface area contributed by atoms with Crippen LogP contribution in [0.5, 0.6) is 0 Å². The van der Waals surface area contributed by atoms with E-state index in [2.05, 4.69) is 44.4 Å². The van der Waals surface area contributed by atoms with Crippen LogP contribution in [0.3, 0.4) is 0 Å². The third-order valence-corrected chi connectivity index (χ3v) is 3.64. The summed E-state index contributed by atoms with van der Waals surface area (Å²) in [7, 11) is 0. The highest BCUT2D eigenvalue weighted by atomic mass is 16.1. The molecule has 1 aliphatic rings. The van der Waals surface area contributed by atoms with Gasteiger partial charge in [0.05, 0.1) is 0 Å². The standard InChI is InChI=1S/C14H26N2O/c1-11(14(2,3)4)9-13(17)16-10-12-5-7-15-8-6-12/h5,11,15H,6-10H2,1-4H3,(H,16,17). The second kappa shape index (κ2) is 6.20. The van der Waals surface area contributed by atoms with E-state index in [1.807, 2.05) is 0 Å². The van der Waals surface area contributed by atoms with Crippen molar-refractivity contribution in [3.8, 4) is 0 Å². The molecule has 0 aromatic carbocycles. The van der Waals surface area contributed by atoms with Gasteiger partial charge in [-0.25, -0.2) is 0 Å². The van der Waals surface area contributed by atoms with Crippen LogP contribution >= 0.6 is 0 Å². The fourth-order valence-electron chi connectivity index (χ4n) is 1.70. The second-order valence-electron chi connectivity index (χ2n) is 6.06. The summed E-state index contributed by atoms with van der Waals surface area (Å²) in [6, 6.07) is 0. The zero-order valence-corrected chi connectivity index (χ0v) is 11.6. The Morgan fingerprint density at radius 1 is 1.53 bits per heavy atom. The molecule has 1 aliphatic heterocycles. The largest absolute Gasteiger partial charge is 0.352 e. The molecular formula is C14H26N2O. The van der Waals surface area contributed by atoms with E-state index in [0.29, 0.717) is 12.3 Å². The lowest BCUT2D eigenvalue weighted by Crippen LogP contribution is -2.32. The summed E-state index contributed by atoms with van der Waals surface area (Å²) in [5.41, 5.74) is 1.55. The third-order valence-electron chi connectivity index (χ3n) is 3.64. The van der Waals surface area contributed by atoms with Crippen LogP contribution in [-0.4, -0.2) is 25.5 Å². The van der Waals surface area contributed by atoms with E-state index in [4.69, 9.17) is 0 Å². The van der Waals surface area contributed by atoms with Gasteiger partial charge in [0.2, 0.25) is 5.91 Å². The van der Waals surface area contributed by atoms with Gasteiger partial charge in [-0.05, 0) is 24.3 Å². The molecule has 1 amide bonds. The molecule has 0 saturated heterocycles. The van der Waals surface area contributed by atoms with E-state index in [9.17, 15) is 4.79 Å². The maximum atomic E-state index is 11.8. The van der Waals surface area contributed by atoms with Crippen molar-refractivity contribution in [2.75, 3.05) is 19.6 Å². The molecule has 0 aromatic heterocycles. The number of hydrogen-bond donors (Lipinski definition) is 2. The highest BCUT2D eigenvalue weighted by Crippen LogP contribution is 2.27. The Morgan fingerprint density at radius 3 is 2.76 bits per heavy atom. The van der Waals surface area contributed by atoms with E-state index in [-0.39, 0.29) is 11.3 Å². The van der Waals surface area contributed by atoms with Crippen molar-refractivity contribution < 1.29 is 4.79 Å². The first-order valence-electron chi connectivity index (χ1n) is 6.55. The number of hydrogen-bond acceptors (Lipinski definition) is 2. The van der Waals surface area contributed by atoms with Gasteiger partial charge in [-0.15, -0.1) is 0 Å². The molecule has 0 aliphatic carbocycles. The quantitative estimate of drug-likeness (QED) is 0.736. The smallest absolute Gasteiger partial charge is 0.220 e. The first kappa shape index (κ1) is 14.2. The van der Waals surface area contributed by atoms with Crippen LogP contribution in [0.1, 0.15) is 40.5 Å². The highest BCUT2D eigenvalue weighted by Gasteiger charge is 2.22. The van der Waals surface area contributed by atoms with E-state index in [1.54, 1.807) is 0 Å². The number of rotatable bonds is 4. The lowest BCUT2D eigenvalue weighted by Gasteiger charge is -2.26. The molecule has 0 spiro atoms. The first-order valence-corrected chi connectivity index (χ1v) is 6.55. The summed E-state index contributed by atoms with van der Waals surface area (Å²) >= 11 is 0. The molecule has 2 N–H and O–H groups in total. The molecule has 1 heterocycles. The third kappa shape index (κ3) is 5.35. The van der Waals surface area contributed by atoms with Gasteiger partial charge in [0.25, 0.3) is 0 Å². The Balaban J connectivity index is 2.28. The Morgan fingerprint density at radius 2 is 2.24 bits per heavy atom. The van der Waals surface area contributed by atoms with Gasteiger partial charge < -0.3 is 10.6 Å². The van der Waals surface area contributed by atoms with E-state index < -0.39 is 0 Å². The zero-order valence-electron chi connectivity index (χ0n) is 11.6. The van der Waals surface area contributed by atoms with Gasteiger partial charge in [-0.2, -0.15) is 0 Å². The Kier molecular flexibility index (Phi) is 5.19. The van der Waals surface area contributed by atoms with Crippen molar-refractivity contribution in [1.82, 2.24) is 10.6 Å². The number of carbonyl (C=O) groups is 1. The second-order valence-corrected chi connectivity index (χ2v) is 6.06. The summed E-state index contributed by atoms with van der Waals surface area (Å²) < 4.78 is 0. The van der Waals surface area contributed by atoms with Crippen LogP contribution in [0.15, 0.2) is 11.6 Å². The predicted octanol–water partition coefficient (Wildman–Crippen LogP) is 2.09. The minimum Gasteiger partial charge on any atom is -0.352 e. The van der Waals surface area contributed by atoms with Crippen molar-refractivity contribution in [3.05, 3.63) is 11.6 Å². The zero-order chi connectivity index (χ0) is 12.9. The Hall–Kier alpha value is -0.830. The predicted molar refractivity (Wildman–Crippen MR) is 71.8 cm³/mol. The molecule has 0 radical (unpaired) electrons. The molecule has 17 heavy (non-hydrogen) atoms. The van der Waals surface area contributed by atoms with Gasteiger partial charge in [0.1, 0.15) is 0 Å². The molecular weight excluding hydrogens is 212 g/mol. The SMILES string of the molecule is CC(CC(=O)NCC1=CCNCC1)C(C)(C)C. The topological polar surface area (TPSA) is 41.1 Å². The lowest BCUT2D eigenvalue weighted by atomic mass is 9.80. The maximum absolute atomic E-state index is 11.8. The number of amides is 1. The normalized spacial score (nSPS) is 18.5. The molecule has 0 bridgehead atoms. The van der Waals surface area contributed by atoms with Crippen LogP contribution in [0.25, 0.3) is 0 Å². The molecule has 1 unspecified atom stereocenters. The first-order chi connectivity index (χ1) is 7.89. The summed E-state index contributed by atoms with van der Waals surface area (Å²) in [4.78, 5) is 11.8. The lowest BCUT2D eigenvalue weighted by molar-refractivity contribution is -0.122. The minimum absolute atomic E-state index is 0.173. The van der Waals surface area contributed by atoms with Crippen LogP contribution < -0.4 is 10.6 Å². The summed E-state index contributed by atoms with van der Waals surface area (Å²) in [6.45, 7) is 11.4. The van der Waals surface area contributed by atoms with Gasteiger partial charge >= 0.3 is 0 Å². The minimum atomic E-state index is 0.173. The monoisotopic (exact) mass is 238 g/mol. The number of carbonyl (C=O) groups excluding carboxylic acids is 1. The molecule has 0 aromatic rings. The molecule has 1 atom stereocenters. The summed E-state index contributed by atoms with van der Waals surface area (Å²) in [5.74, 6) is 0.580. The Bertz CT molecular complexity index is 289. The summed E-state index contributed by atoms with van der Waals surface area (Å²) in [5, 5.41) is 6.29. The summed E-state index contributed by atoms with van der Waals surface area (Å²) in [6.07, 6.45) is 3.85. The van der Waals surface area contributed by atoms with Crippen LogP contribution in [-0.2, 0) is 4.79 Å². The van der Waals surface area contributed by atoms with Crippen LogP contribution in [0, 0.1) is 11.3 Å². The van der Waals surface area contributed by atoms with Crippen molar-refractivity contribution in [2.24, 2.45) is 11.3 Å². The van der Waals surface area contributed by atoms with E-state index in [1.165, 1.54) is 5.57 Å². The van der Waals surface area contributed by atoms with E-state index >= 15 is 0 Å². The van der Waals surface area contributed by atoms with Crippen molar-refractivity contribution in [3.63, 3.8) is 0 Å². The molecule has 98 valence electrons. The molecule has 3 nitrogen and oxygen atoms in total. The fraction of sp³-hybridized carbons (Fsp3) is 0.786. The van der Waals surface area contributed by atoms with Gasteiger partial charge in [-0.3, -0.25) is 4.79 Å². The van der Waals surface area contributed by atoms with Crippen LogP contribution in [0.2, 0.25) is 0 Å².